The highest BCUT2D eigenvalue weighted by atomic mass is 16.3. The van der Waals surface area contributed by atoms with E-state index >= 15 is 0 Å². The van der Waals surface area contributed by atoms with Gasteiger partial charge in [0.1, 0.15) is 5.75 Å². The Hall–Kier alpha value is -3.67. The molecule has 130 valence electrons. The SMILES string of the molecule is O=C(Nc1ccccc1CNC(=O)c1ccccc1O)c1cccnc1. The van der Waals surface area contributed by atoms with Crippen molar-refractivity contribution < 1.29 is 14.7 Å². The first-order valence-electron chi connectivity index (χ1n) is 8.00. The number of carbonyl (C=O) groups is 2. The van der Waals surface area contributed by atoms with Gasteiger partial charge in [-0.2, -0.15) is 0 Å². The van der Waals surface area contributed by atoms with Crippen molar-refractivity contribution in [2.24, 2.45) is 0 Å². The number of phenols is 1. The van der Waals surface area contributed by atoms with E-state index in [9.17, 15) is 14.7 Å². The summed E-state index contributed by atoms with van der Waals surface area (Å²) >= 11 is 0. The number of anilines is 1. The molecular formula is C20H17N3O3. The van der Waals surface area contributed by atoms with Gasteiger partial charge in [-0.15, -0.1) is 0 Å². The molecule has 2 aromatic carbocycles. The lowest BCUT2D eigenvalue weighted by Gasteiger charge is -2.12. The Balaban J connectivity index is 1.71. The summed E-state index contributed by atoms with van der Waals surface area (Å²) in [4.78, 5) is 28.5. The van der Waals surface area contributed by atoms with E-state index in [1.807, 2.05) is 12.1 Å². The number of hydrogen-bond acceptors (Lipinski definition) is 4. The predicted molar refractivity (Wildman–Crippen MR) is 97.9 cm³/mol. The van der Waals surface area contributed by atoms with E-state index in [0.29, 0.717) is 11.3 Å². The number of phenolic OH excluding ortho intramolecular Hbond substituents is 1. The van der Waals surface area contributed by atoms with E-state index in [-0.39, 0.29) is 23.8 Å². The van der Waals surface area contributed by atoms with Gasteiger partial charge < -0.3 is 15.7 Å². The molecule has 0 radical (unpaired) electrons. The molecule has 0 fully saturated rings. The third-order valence-corrected chi connectivity index (χ3v) is 3.78. The number of carbonyl (C=O) groups excluding carboxylic acids is 2. The first kappa shape index (κ1) is 17.2. The maximum Gasteiger partial charge on any atom is 0.257 e. The highest BCUT2D eigenvalue weighted by molar-refractivity contribution is 6.04. The van der Waals surface area contributed by atoms with Crippen LogP contribution < -0.4 is 10.6 Å². The van der Waals surface area contributed by atoms with Crippen LogP contribution in [0, 0.1) is 0 Å². The van der Waals surface area contributed by atoms with Crippen LogP contribution in [-0.2, 0) is 6.54 Å². The van der Waals surface area contributed by atoms with E-state index in [1.165, 1.54) is 12.3 Å². The van der Waals surface area contributed by atoms with Crippen LogP contribution in [0.3, 0.4) is 0 Å². The molecule has 0 aliphatic rings. The third-order valence-electron chi connectivity index (χ3n) is 3.78. The molecule has 6 heteroatoms. The zero-order chi connectivity index (χ0) is 18.4. The second-order valence-electron chi connectivity index (χ2n) is 5.55. The maximum atomic E-state index is 12.3. The maximum absolute atomic E-state index is 12.3. The summed E-state index contributed by atoms with van der Waals surface area (Å²) in [5.74, 6) is -0.753. The lowest BCUT2D eigenvalue weighted by Crippen LogP contribution is -2.24. The van der Waals surface area contributed by atoms with Gasteiger partial charge in [0, 0.05) is 24.6 Å². The van der Waals surface area contributed by atoms with Crippen molar-refractivity contribution in [1.82, 2.24) is 10.3 Å². The van der Waals surface area contributed by atoms with Crippen molar-refractivity contribution >= 4 is 17.5 Å². The number of hydrogen-bond donors (Lipinski definition) is 3. The summed E-state index contributed by atoms with van der Waals surface area (Å²) in [5.41, 5.74) is 1.98. The second-order valence-corrected chi connectivity index (χ2v) is 5.55. The van der Waals surface area contributed by atoms with Crippen molar-refractivity contribution in [2.45, 2.75) is 6.54 Å². The number of para-hydroxylation sites is 2. The zero-order valence-electron chi connectivity index (χ0n) is 13.8. The number of rotatable bonds is 5. The molecule has 0 saturated heterocycles. The van der Waals surface area contributed by atoms with Crippen LogP contribution in [0.15, 0.2) is 73.1 Å². The molecule has 6 nitrogen and oxygen atoms in total. The summed E-state index contributed by atoms with van der Waals surface area (Å²) in [6.07, 6.45) is 3.08. The van der Waals surface area contributed by atoms with E-state index in [2.05, 4.69) is 15.6 Å². The molecule has 3 N–H and O–H groups in total. The number of nitrogens with one attached hydrogen (secondary N) is 2. The van der Waals surface area contributed by atoms with Gasteiger partial charge in [0.25, 0.3) is 11.8 Å². The Labute approximate surface area is 150 Å². The highest BCUT2D eigenvalue weighted by Crippen LogP contribution is 2.18. The Morgan fingerprint density at radius 2 is 1.69 bits per heavy atom. The van der Waals surface area contributed by atoms with Gasteiger partial charge in [-0.05, 0) is 35.9 Å². The molecule has 1 heterocycles. The number of pyridine rings is 1. The summed E-state index contributed by atoms with van der Waals surface area (Å²) in [7, 11) is 0. The minimum Gasteiger partial charge on any atom is -0.507 e. The van der Waals surface area contributed by atoms with Crippen molar-refractivity contribution in [1.29, 1.82) is 0 Å². The standard InChI is InChI=1S/C20H17N3O3/c24-18-10-4-2-8-16(18)20(26)22-13-14-6-1-3-9-17(14)23-19(25)15-7-5-11-21-12-15/h1-12,24H,13H2,(H,22,26)(H,23,25). The number of aromatic hydroxyl groups is 1. The number of amides is 2. The van der Waals surface area contributed by atoms with E-state index in [1.54, 1.807) is 48.7 Å². The first-order chi connectivity index (χ1) is 12.6. The molecule has 0 atom stereocenters. The van der Waals surface area contributed by atoms with Crippen LogP contribution in [0.2, 0.25) is 0 Å². The van der Waals surface area contributed by atoms with Crippen LogP contribution in [0.1, 0.15) is 26.3 Å². The summed E-state index contributed by atoms with van der Waals surface area (Å²) in [6.45, 7) is 0.205. The Kier molecular flexibility index (Phi) is 5.24. The predicted octanol–water partition coefficient (Wildman–Crippen LogP) is 2.97. The Morgan fingerprint density at radius 3 is 2.46 bits per heavy atom. The minimum atomic E-state index is -0.392. The normalized spacial score (nSPS) is 10.2. The monoisotopic (exact) mass is 347 g/mol. The Morgan fingerprint density at radius 1 is 0.923 bits per heavy atom. The van der Waals surface area contributed by atoms with E-state index in [4.69, 9.17) is 0 Å². The molecule has 0 bridgehead atoms. The van der Waals surface area contributed by atoms with E-state index < -0.39 is 5.91 Å². The smallest absolute Gasteiger partial charge is 0.257 e. The molecule has 2 amide bonds. The fourth-order valence-corrected chi connectivity index (χ4v) is 2.42. The van der Waals surface area contributed by atoms with Gasteiger partial charge in [-0.25, -0.2) is 0 Å². The molecule has 1 aromatic heterocycles. The summed E-state index contributed by atoms with van der Waals surface area (Å²) in [5, 5.41) is 15.3. The molecule has 0 saturated carbocycles. The fraction of sp³-hybridized carbons (Fsp3) is 0.0500. The van der Waals surface area contributed by atoms with Gasteiger partial charge in [0.2, 0.25) is 0 Å². The van der Waals surface area contributed by atoms with Crippen molar-refractivity contribution in [3.8, 4) is 5.75 Å². The summed E-state index contributed by atoms with van der Waals surface area (Å²) in [6, 6.07) is 16.9. The Bertz CT molecular complexity index is 926. The van der Waals surface area contributed by atoms with Gasteiger partial charge >= 0.3 is 0 Å². The van der Waals surface area contributed by atoms with Gasteiger partial charge in [-0.3, -0.25) is 14.6 Å². The van der Waals surface area contributed by atoms with Crippen LogP contribution >= 0.6 is 0 Å². The van der Waals surface area contributed by atoms with E-state index in [0.717, 1.165) is 5.56 Å². The average Bonchev–Trinajstić information content (AvgIpc) is 2.68. The number of benzene rings is 2. The first-order valence-corrected chi connectivity index (χ1v) is 8.00. The van der Waals surface area contributed by atoms with Crippen LogP contribution in [0.25, 0.3) is 0 Å². The number of nitrogens with zero attached hydrogens (tertiary/aromatic N) is 1. The van der Waals surface area contributed by atoms with Gasteiger partial charge in [0.15, 0.2) is 0 Å². The molecule has 0 aliphatic carbocycles. The van der Waals surface area contributed by atoms with Crippen LogP contribution in [0.5, 0.6) is 5.75 Å². The topological polar surface area (TPSA) is 91.3 Å². The van der Waals surface area contributed by atoms with Gasteiger partial charge in [-0.1, -0.05) is 30.3 Å². The lowest BCUT2D eigenvalue weighted by atomic mass is 10.1. The molecule has 3 rings (SSSR count). The van der Waals surface area contributed by atoms with Crippen LogP contribution in [0.4, 0.5) is 5.69 Å². The molecule has 26 heavy (non-hydrogen) atoms. The third kappa shape index (κ3) is 4.05. The zero-order valence-corrected chi connectivity index (χ0v) is 13.8. The minimum absolute atomic E-state index is 0.0804. The second kappa shape index (κ2) is 7.94. The van der Waals surface area contributed by atoms with Crippen molar-refractivity contribution in [3.05, 3.63) is 89.7 Å². The molecule has 3 aromatic rings. The highest BCUT2D eigenvalue weighted by Gasteiger charge is 2.12. The fourth-order valence-electron chi connectivity index (χ4n) is 2.42. The largest absolute Gasteiger partial charge is 0.507 e. The average molecular weight is 347 g/mol. The molecule has 0 spiro atoms. The molecular weight excluding hydrogens is 330 g/mol. The van der Waals surface area contributed by atoms with Crippen molar-refractivity contribution in [3.63, 3.8) is 0 Å². The quantitative estimate of drug-likeness (QED) is 0.662. The summed E-state index contributed by atoms with van der Waals surface area (Å²) < 4.78 is 0. The molecule has 0 unspecified atom stereocenters. The number of aromatic nitrogens is 1. The lowest BCUT2D eigenvalue weighted by molar-refractivity contribution is 0.0948. The van der Waals surface area contributed by atoms with Crippen molar-refractivity contribution in [2.75, 3.05) is 5.32 Å². The molecule has 0 aliphatic heterocycles. The van der Waals surface area contributed by atoms with Crippen LogP contribution in [-0.4, -0.2) is 21.9 Å². The van der Waals surface area contributed by atoms with Gasteiger partial charge in [0.05, 0.1) is 11.1 Å².